The zero-order valence-electron chi connectivity index (χ0n) is 15.0. The molecule has 1 aromatic rings. The topological polar surface area (TPSA) is 68.5 Å². The molecule has 0 saturated carbocycles. The van der Waals surface area contributed by atoms with Crippen molar-refractivity contribution < 1.29 is 4.79 Å². The smallest absolute Gasteiger partial charge is 0.254 e. The van der Waals surface area contributed by atoms with Crippen molar-refractivity contribution in [2.75, 3.05) is 11.4 Å². The van der Waals surface area contributed by atoms with Crippen LogP contribution in [0.25, 0.3) is 5.57 Å². The SMILES string of the molecule is CCN1c2cc(C)c(/C=N\NC(=O)CC#N)cc2C(C)=CC1(C)C. The van der Waals surface area contributed by atoms with Crippen LogP contribution in [0.5, 0.6) is 0 Å². The number of hydrogen-bond donors (Lipinski definition) is 1. The first-order valence-corrected chi connectivity index (χ1v) is 8.11. The van der Waals surface area contributed by atoms with Crippen molar-refractivity contribution in [3.05, 3.63) is 34.9 Å². The van der Waals surface area contributed by atoms with Crippen LogP contribution in [0.15, 0.2) is 23.3 Å². The van der Waals surface area contributed by atoms with Gasteiger partial charge in [0.05, 0.1) is 17.8 Å². The molecule has 0 spiro atoms. The highest BCUT2D eigenvalue weighted by molar-refractivity contribution is 5.90. The number of benzene rings is 1. The normalized spacial score (nSPS) is 15.7. The maximum absolute atomic E-state index is 11.3. The van der Waals surface area contributed by atoms with Crippen LogP contribution in [0, 0.1) is 18.3 Å². The highest BCUT2D eigenvalue weighted by atomic mass is 16.2. The molecular formula is C19H24N4O. The van der Waals surface area contributed by atoms with Gasteiger partial charge in [0.2, 0.25) is 0 Å². The fraction of sp³-hybridized carbons (Fsp3) is 0.421. The Labute approximate surface area is 143 Å². The van der Waals surface area contributed by atoms with Crippen LogP contribution in [-0.4, -0.2) is 24.2 Å². The summed E-state index contributed by atoms with van der Waals surface area (Å²) < 4.78 is 0. The molecule has 0 unspecified atom stereocenters. The van der Waals surface area contributed by atoms with Crippen molar-refractivity contribution in [3.8, 4) is 6.07 Å². The van der Waals surface area contributed by atoms with E-state index >= 15 is 0 Å². The summed E-state index contributed by atoms with van der Waals surface area (Å²) >= 11 is 0. The minimum atomic E-state index is -0.403. The number of carbonyl (C=O) groups is 1. The highest BCUT2D eigenvalue weighted by Crippen LogP contribution is 2.39. The third-order valence-electron chi connectivity index (χ3n) is 4.31. The molecule has 1 aromatic carbocycles. The van der Waals surface area contributed by atoms with Gasteiger partial charge >= 0.3 is 0 Å². The van der Waals surface area contributed by atoms with E-state index in [0.717, 1.165) is 17.7 Å². The second-order valence-electron chi connectivity index (χ2n) is 6.58. The maximum Gasteiger partial charge on any atom is 0.254 e. The lowest BCUT2D eigenvalue weighted by molar-refractivity contribution is -0.120. The zero-order chi connectivity index (χ0) is 17.9. The van der Waals surface area contributed by atoms with Crippen molar-refractivity contribution >= 4 is 23.4 Å². The predicted molar refractivity (Wildman–Crippen MR) is 97.9 cm³/mol. The second-order valence-corrected chi connectivity index (χ2v) is 6.58. The molecule has 0 bridgehead atoms. The lowest BCUT2D eigenvalue weighted by atomic mass is 9.87. The minimum Gasteiger partial charge on any atom is -0.363 e. The molecule has 126 valence electrons. The summed E-state index contributed by atoms with van der Waals surface area (Å²) in [6.07, 6.45) is 3.72. The Hall–Kier alpha value is -2.61. The minimum absolute atomic E-state index is 0.0147. The fourth-order valence-corrected chi connectivity index (χ4v) is 3.25. The molecule has 1 heterocycles. The summed E-state index contributed by atoms with van der Waals surface area (Å²) in [4.78, 5) is 13.7. The Balaban J connectivity index is 2.37. The van der Waals surface area contributed by atoms with Gasteiger partial charge in [0.15, 0.2) is 0 Å². The largest absolute Gasteiger partial charge is 0.363 e. The first kappa shape index (κ1) is 17.7. The number of hydrogen-bond acceptors (Lipinski definition) is 4. The van der Waals surface area contributed by atoms with Crippen LogP contribution in [0.2, 0.25) is 0 Å². The Morgan fingerprint density at radius 2 is 2.12 bits per heavy atom. The third-order valence-corrected chi connectivity index (χ3v) is 4.31. The van der Waals surface area contributed by atoms with E-state index in [2.05, 4.69) is 61.3 Å². The van der Waals surface area contributed by atoms with E-state index in [0.29, 0.717) is 0 Å². The number of likely N-dealkylation sites (N-methyl/N-ethyl adjacent to an activating group) is 1. The molecule has 1 N–H and O–H groups in total. The quantitative estimate of drug-likeness (QED) is 0.682. The summed E-state index contributed by atoms with van der Waals surface area (Å²) in [6, 6.07) is 6.08. The van der Waals surface area contributed by atoms with Gasteiger partial charge in [0, 0.05) is 17.8 Å². The molecule has 1 aliphatic heterocycles. The van der Waals surface area contributed by atoms with Crippen molar-refractivity contribution in [2.24, 2.45) is 5.10 Å². The van der Waals surface area contributed by atoms with Crippen LogP contribution in [-0.2, 0) is 4.79 Å². The molecule has 0 radical (unpaired) electrons. The molecule has 0 saturated heterocycles. The standard InChI is InChI=1S/C19H24N4O/c1-6-23-17-9-13(2)15(12-21-22-18(24)7-8-20)10-16(17)14(3)11-19(23,4)5/h9-12H,6-7H2,1-5H3,(H,22,24)/b21-12-. The molecule has 0 aliphatic carbocycles. The van der Waals surface area contributed by atoms with Gasteiger partial charge < -0.3 is 4.90 Å². The summed E-state index contributed by atoms with van der Waals surface area (Å²) in [5.74, 6) is -0.403. The maximum atomic E-state index is 11.3. The first-order chi connectivity index (χ1) is 11.3. The Morgan fingerprint density at radius 3 is 2.75 bits per heavy atom. The van der Waals surface area contributed by atoms with E-state index in [9.17, 15) is 4.79 Å². The number of aryl methyl sites for hydroxylation is 1. The van der Waals surface area contributed by atoms with E-state index in [1.807, 2.05) is 6.92 Å². The molecule has 2 rings (SSSR count). The van der Waals surface area contributed by atoms with Crippen LogP contribution in [0.1, 0.15) is 50.8 Å². The van der Waals surface area contributed by atoms with Crippen LogP contribution < -0.4 is 10.3 Å². The molecular weight excluding hydrogens is 300 g/mol. The summed E-state index contributed by atoms with van der Waals surface area (Å²) in [5.41, 5.74) is 8.05. The Bertz CT molecular complexity index is 753. The van der Waals surface area contributed by atoms with E-state index in [-0.39, 0.29) is 12.0 Å². The van der Waals surface area contributed by atoms with E-state index < -0.39 is 5.91 Å². The van der Waals surface area contributed by atoms with Crippen LogP contribution in [0.4, 0.5) is 5.69 Å². The molecule has 1 aliphatic rings. The van der Waals surface area contributed by atoms with Crippen LogP contribution in [0.3, 0.4) is 0 Å². The number of rotatable bonds is 4. The Kier molecular flexibility index (Phi) is 5.08. The number of amides is 1. The van der Waals surface area contributed by atoms with E-state index in [1.165, 1.54) is 16.8 Å². The number of carbonyl (C=O) groups excluding carboxylic acids is 1. The molecule has 0 atom stereocenters. The number of allylic oxidation sites excluding steroid dienone is 1. The molecule has 0 fully saturated rings. The van der Waals surface area contributed by atoms with Gasteiger partial charge in [-0.3, -0.25) is 4.79 Å². The van der Waals surface area contributed by atoms with Gasteiger partial charge in [-0.25, -0.2) is 5.43 Å². The third kappa shape index (κ3) is 3.48. The number of nitriles is 1. The van der Waals surface area contributed by atoms with Crippen molar-refractivity contribution in [1.82, 2.24) is 5.43 Å². The highest BCUT2D eigenvalue weighted by Gasteiger charge is 2.30. The molecule has 1 amide bonds. The van der Waals surface area contributed by atoms with Crippen molar-refractivity contribution in [2.45, 2.75) is 46.6 Å². The fourth-order valence-electron chi connectivity index (χ4n) is 3.25. The number of fused-ring (bicyclic) bond motifs is 1. The number of nitrogens with one attached hydrogen (secondary N) is 1. The van der Waals surface area contributed by atoms with Crippen molar-refractivity contribution in [3.63, 3.8) is 0 Å². The van der Waals surface area contributed by atoms with Gasteiger partial charge in [-0.05, 0) is 63.5 Å². The summed E-state index contributed by atoms with van der Waals surface area (Å²) in [5, 5.41) is 12.4. The monoisotopic (exact) mass is 324 g/mol. The number of nitrogens with zero attached hydrogens (tertiary/aromatic N) is 3. The zero-order valence-corrected chi connectivity index (χ0v) is 15.0. The molecule has 0 aromatic heterocycles. The van der Waals surface area contributed by atoms with Crippen molar-refractivity contribution in [1.29, 1.82) is 5.26 Å². The lowest BCUT2D eigenvalue weighted by Crippen LogP contribution is -2.45. The van der Waals surface area contributed by atoms with Gasteiger partial charge in [-0.1, -0.05) is 6.08 Å². The Morgan fingerprint density at radius 1 is 1.42 bits per heavy atom. The lowest BCUT2D eigenvalue weighted by Gasteiger charge is -2.43. The molecule has 24 heavy (non-hydrogen) atoms. The molecule has 5 heteroatoms. The van der Waals surface area contributed by atoms with Gasteiger partial charge in [0.25, 0.3) is 5.91 Å². The number of hydrazone groups is 1. The molecule has 5 nitrogen and oxygen atoms in total. The first-order valence-electron chi connectivity index (χ1n) is 8.11. The van der Waals surface area contributed by atoms with Gasteiger partial charge in [-0.2, -0.15) is 10.4 Å². The summed E-state index contributed by atoms with van der Waals surface area (Å²) in [6.45, 7) is 11.7. The average molecular weight is 324 g/mol. The van der Waals surface area contributed by atoms with Crippen LogP contribution >= 0.6 is 0 Å². The second kappa shape index (κ2) is 6.88. The van der Waals surface area contributed by atoms with E-state index in [1.54, 1.807) is 12.3 Å². The van der Waals surface area contributed by atoms with E-state index in [4.69, 9.17) is 5.26 Å². The number of anilines is 1. The summed E-state index contributed by atoms with van der Waals surface area (Å²) in [7, 11) is 0. The van der Waals surface area contributed by atoms with Gasteiger partial charge in [-0.15, -0.1) is 0 Å². The average Bonchev–Trinajstić information content (AvgIpc) is 2.48. The predicted octanol–water partition coefficient (Wildman–Crippen LogP) is 3.38. The van der Waals surface area contributed by atoms with Gasteiger partial charge in [0.1, 0.15) is 6.42 Å².